The first kappa shape index (κ1) is 16.0. The second-order valence-electron chi connectivity index (χ2n) is 4.66. The van der Waals surface area contributed by atoms with Gasteiger partial charge < -0.3 is 5.11 Å². The molecule has 0 fully saturated rings. The van der Waals surface area contributed by atoms with Crippen molar-refractivity contribution >= 4 is 44.9 Å². The van der Waals surface area contributed by atoms with E-state index in [0.717, 1.165) is 13.3 Å². The third kappa shape index (κ3) is 3.12. The normalized spacial score (nSPS) is 11.4. The third-order valence-electron chi connectivity index (χ3n) is 3.08. The molecular formula is C15H11BrClN3O2S. The molecule has 2 N–H and O–H groups in total. The minimum absolute atomic E-state index is 0.0555. The number of allylic oxidation sites excluding steroid dienone is 1. The number of H-pyrrole nitrogens is 1. The molecule has 5 nitrogen and oxygen atoms in total. The van der Waals surface area contributed by atoms with E-state index >= 15 is 0 Å². The van der Waals surface area contributed by atoms with Gasteiger partial charge in [0.05, 0.1) is 8.66 Å². The van der Waals surface area contributed by atoms with Crippen LogP contribution in [0.4, 0.5) is 0 Å². The Bertz CT molecular complexity index is 958. The van der Waals surface area contributed by atoms with E-state index in [9.17, 15) is 9.90 Å². The van der Waals surface area contributed by atoms with E-state index in [4.69, 9.17) is 11.6 Å². The lowest BCUT2D eigenvalue weighted by Gasteiger charge is -2.07. The quantitative estimate of drug-likeness (QED) is 0.668. The van der Waals surface area contributed by atoms with Gasteiger partial charge in [0.1, 0.15) is 11.4 Å². The van der Waals surface area contributed by atoms with Gasteiger partial charge in [-0.1, -0.05) is 23.8 Å². The lowest BCUT2D eigenvalue weighted by Crippen LogP contribution is -2.16. The topological polar surface area (TPSA) is 70.9 Å². The molecule has 8 heteroatoms. The smallest absolute Gasteiger partial charge is 0.348 e. The van der Waals surface area contributed by atoms with Crippen LogP contribution in [0.1, 0.15) is 12.5 Å². The van der Waals surface area contributed by atoms with Crippen molar-refractivity contribution in [3.63, 3.8) is 0 Å². The Hall–Kier alpha value is -1.83. The molecule has 0 amide bonds. The fraction of sp³-hybridized carbons (Fsp3) is 0.0667. The fourth-order valence-electron chi connectivity index (χ4n) is 2.11. The van der Waals surface area contributed by atoms with Crippen molar-refractivity contribution in [2.24, 2.45) is 0 Å². The zero-order chi connectivity index (χ0) is 16.6. The largest absolute Gasteiger partial charge is 0.505 e. The molecule has 0 saturated carbocycles. The van der Waals surface area contributed by atoms with Crippen LogP contribution in [0, 0.1) is 0 Å². The van der Waals surface area contributed by atoms with Crippen LogP contribution in [-0.2, 0) is 0 Å². The second-order valence-corrected chi connectivity index (χ2v) is 7.56. The van der Waals surface area contributed by atoms with Gasteiger partial charge >= 0.3 is 5.69 Å². The molecule has 0 bridgehead atoms. The Morgan fingerprint density at radius 3 is 2.87 bits per heavy atom. The zero-order valence-electron chi connectivity index (χ0n) is 11.9. The SMILES string of the molecule is CC=Cc1cc(Cl)cc(-n2nc(-c3ccc(Br)s3)[nH]c2=O)c1O. The molecule has 118 valence electrons. The summed E-state index contributed by atoms with van der Waals surface area (Å²) in [6.45, 7) is 1.83. The molecule has 2 heterocycles. The van der Waals surface area contributed by atoms with Gasteiger partial charge in [-0.3, -0.25) is 4.98 Å². The summed E-state index contributed by atoms with van der Waals surface area (Å²) in [5.74, 6) is 0.373. The molecule has 2 aromatic heterocycles. The highest BCUT2D eigenvalue weighted by molar-refractivity contribution is 9.11. The molecule has 3 rings (SSSR count). The lowest BCUT2D eigenvalue weighted by molar-refractivity contribution is 0.468. The highest BCUT2D eigenvalue weighted by Crippen LogP contribution is 2.32. The molecule has 1 aromatic carbocycles. The number of aromatic nitrogens is 3. The number of phenols is 1. The van der Waals surface area contributed by atoms with Crippen LogP contribution >= 0.6 is 38.9 Å². The Balaban J connectivity index is 2.16. The maximum Gasteiger partial charge on any atom is 0.348 e. The maximum atomic E-state index is 12.2. The van der Waals surface area contributed by atoms with Gasteiger partial charge in [-0.2, -0.15) is 4.68 Å². The Morgan fingerprint density at radius 2 is 2.22 bits per heavy atom. The lowest BCUT2D eigenvalue weighted by atomic mass is 10.1. The number of rotatable bonds is 3. The van der Waals surface area contributed by atoms with Crippen LogP contribution in [0.25, 0.3) is 22.5 Å². The summed E-state index contributed by atoms with van der Waals surface area (Å²) in [7, 11) is 0. The number of aromatic amines is 1. The van der Waals surface area contributed by atoms with Crippen molar-refractivity contribution in [1.29, 1.82) is 0 Å². The highest BCUT2D eigenvalue weighted by atomic mass is 79.9. The van der Waals surface area contributed by atoms with E-state index in [0.29, 0.717) is 16.4 Å². The van der Waals surface area contributed by atoms with Gasteiger partial charge in [-0.15, -0.1) is 16.4 Å². The number of aromatic hydroxyl groups is 1. The fourth-order valence-corrected chi connectivity index (χ4v) is 3.66. The minimum atomic E-state index is -0.450. The Labute approximate surface area is 149 Å². The molecule has 3 aromatic rings. The van der Waals surface area contributed by atoms with Crippen molar-refractivity contribution in [3.8, 4) is 22.1 Å². The van der Waals surface area contributed by atoms with Crippen molar-refractivity contribution in [2.75, 3.05) is 0 Å². The summed E-state index contributed by atoms with van der Waals surface area (Å²) in [6, 6.07) is 6.84. The van der Waals surface area contributed by atoms with Crippen LogP contribution in [-0.4, -0.2) is 19.9 Å². The minimum Gasteiger partial charge on any atom is -0.505 e. The number of halogens is 2. The monoisotopic (exact) mass is 411 g/mol. The van der Waals surface area contributed by atoms with E-state index in [2.05, 4.69) is 26.0 Å². The van der Waals surface area contributed by atoms with Crippen LogP contribution in [0.15, 0.2) is 38.9 Å². The molecule has 0 aliphatic rings. The summed E-state index contributed by atoms with van der Waals surface area (Å²) < 4.78 is 2.04. The predicted octanol–water partition coefficient (Wildman–Crippen LogP) is 4.44. The van der Waals surface area contributed by atoms with Gasteiger partial charge in [-0.05, 0) is 47.1 Å². The van der Waals surface area contributed by atoms with Gasteiger partial charge in [0.25, 0.3) is 0 Å². The molecule has 0 atom stereocenters. The molecule has 0 radical (unpaired) electrons. The first-order valence-electron chi connectivity index (χ1n) is 6.60. The summed E-state index contributed by atoms with van der Waals surface area (Å²) in [4.78, 5) is 15.7. The maximum absolute atomic E-state index is 12.2. The molecular weight excluding hydrogens is 402 g/mol. The predicted molar refractivity (Wildman–Crippen MR) is 96.6 cm³/mol. The molecule has 0 spiro atoms. The highest BCUT2D eigenvalue weighted by Gasteiger charge is 2.16. The number of benzene rings is 1. The van der Waals surface area contributed by atoms with Gasteiger partial charge in [-0.25, -0.2) is 4.79 Å². The second kappa shape index (κ2) is 6.35. The van der Waals surface area contributed by atoms with E-state index in [1.165, 1.54) is 17.4 Å². The van der Waals surface area contributed by atoms with Crippen molar-refractivity contribution < 1.29 is 5.11 Å². The summed E-state index contributed by atoms with van der Waals surface area (Å²) >= 11 is 10.9. The number of nitrogens with one attached hydrogen (secondary N) is 1. The number of nitrogens with zero attached hydrogens (tertiary/aromatic N) is 2. The van der Waals surface area contributed by atoms with Crippen LogP contribution in [0.5, 0.6) is 5.75 Å². The molecule has 0 unspecified atom stereocenters. The van der Waals surface area contributed by atoms with Crippen LogP contribution in [0.2, 0.25) is 5.02 Å². The van der Waals surface area contributed by atoms with E-state index < -0.39 is 5.69 Å². The number of phenolic OH excluding ortho intramolecular Hbond substituents is 1. The summed E-state index contributed by atoms with van der Waals surface area (Å²) in [6.07, 6.45) is 3.48. The summed E-state index contributed by atoms with van der Waals surface area (Å²) in [5, 5.41) is 15.0. The van der Waals surface area contributed by atoms with Crippen molar-refractivity contribution in [2.45, 2.75) is 6.92 Å². The molecule has 0 saturated heterocycles. The third-order valence-corrected chi connectivity index (χ3v) is 4.93. The Morgan fingerprint density at radius 1 is 1.43 bits per heavy atom. The zero-order valence-corrected chi connectivity index (χ0v) is 15.0. The average Bonchev–Trinajstić information content (AvgIpc) is 3.09. The van der Waals surface area contributed by atoms with Gasteiger partial charge in [0.15, 0.2) is 5.82 Å². The van der Waals surface area contributed by atoms with Gasteiger partial charge in [0.2, 0.25) is 0 Å². The van der Waals surface area contributed by atoms with E-state index in [1.54, 1.807) is 18.2 Å². The first-order valence-corrected chi connectivity index (χ1v) is 8.59. The van der Waals surface area contributed by atoms with E-state index in [-0.39, 0.29) is 11.4 Å². The van der Waals surface area contributed by atoms with Crippen molar-refractivity contribution in [1.82, 2.24) is 14.8 Å². The molecule has 0 aliphatic heterocycles. The molecule has 23 heavy (non-hydrogen) atoms. The Kier molecular flexibility index (Phi) is 4.43. The number of hydrogen-bond donors (Lipinski definition) is 2. The first-order chi connectivity index (χ1) is 11.0. The standard InChI is InChI=1S/C15H11BrClN3O2S/c1-2-3-8-6-9(17)7-10(13(8)21)20-15(22)18-14(19-20)11-4-5-12(16)23-11/h2-7,21H,1H3,(H,18,19,22). The van der Waals surface area contributed by atoms with Crippen molar-refractivity contribution in [3.05, 3.63) is 55.2 Å². The number of hydrogen-bond acceptors (Lipinski definition) is 4. The number of thiophene rings is 1. The van der Waals surface area contributed by atoms with Gasteiger partial charge in [0, 0.05) is 10.6 Å². The van der Waals surface area contributed by atoms with E-state index in [1.807, 2.05) is 19.1 Å². The summed E-state index contributed by atoms with van der Waals surface area (Å²) in [5.41, 5.74) is 0.299. The molecule has 0 aliphatic carbocycles. The average molecular weight is 413 g/mol. The van der Waals surface area contributed by atoms with Crippen LogP contribution in [0.3, 0.4) is 0 Å². The van der Waals surface area contributed by atoms with Crippen LogP contribution < -0.4 is 5.69 Å².